The Morgan fingerprint density at radius 1 is 0.654 bits per heavy atom. The van der Waals surface area contributed by atoms with Gasteiger partial charge in [-0.15, -0.1) is 0 Å². The topological polar surface area (TPSA) is 29.5 Å². The summed E-state index contributed by atoms with van der Waals surface area (Å²) in [6.45, 7) is 2.18. The summed E-state index contributed by atoms with van der Waals surface area (Å²) in [5.74, 6) is 0.735. The zero-order chi connectivity index (χ0) is 18.0. The molecule has 0 unspecified atom stereocenters. The van der Waals surface area contributed by atoms with Crippen molar-refractivity contribution in [2.45, 2.75) is 0 Å². The normalized spacial score (nSPS) is 12.0. The van der Waals surface area contributed by atoms with Gasteiger partial charge in [-0.2, -0.15) is 0 Å². The van der Waals surface area contributed by atoms with Crippen LogP contribution in [0.3, 0.4) is 0 Å². The van der Waals surface area contributed by atoms with E-state index in [0.29, 0.717) is 5.75 Å². The van der Waals surface area contributed by atoms with Crippen LogP contribution in [0.1, 0.15) is 0 Å². The molecule has 26 heavy (non-hydrogen) atoms. The molecule has 3 heteroatoms. The Kier molecular flexibility index (Phi) is 4.36. The van der Waals surface area contributed by atoms with Gasteiger partial charge in [0.05, 0.1) is 0 Å². The first kappa shape index (κ1) is 16.6. The number of hydrogen-bond donors (Lipinski definition) is 1. The molecule has 2 nitrogen and oxygen atoms in total. The van der Waals surface area contributed by atoms with Gasteiger partial charge in [-0.25, -0.2) is 0 Å². The van der Waals surface area contributed by atoms with E-state index in [0.717, 1.165) is 10.8 Å². The van der Waals surface area contributed by atoms with E-state index in [1.807, 2.05) is 66.7 Å². The van der Waals surface area contributed by atoms with Crippen molar-refractivity contribution < 1.29 is 9.63 Å². The molecule has 0 heterocycles. The molecule has 130 valence electrons. The second kappa shape index (κ2) is 6.82. The molecular weight excluding hydrogens is 339 g/mol. The molecule has 0 aliphatic carbocycles. The zero-order valence-electron chi connectivity index (χ0n) is 14.6. The molecule has 0 saturated heterocycles. The standard InChI is InChI=1S/C23H21O2P/c1-26(19-11-4-2-5-12-19,20-13-6-3-7-14-20)25-23-21-15-9-8-10-18(21)16-17-22(23)24/h2-17,24,26H,1H3. The summed E-state index contributed by atoms with van der Waals surface area (Å²) in [6, 6.07) is 32.2. The fraction of sp³-hybridized carbons (Fsp3) is 0.0435. The molecule has 0 saturated carbocycles. The summed E-state index contributed by atoms with van der Waals surface area (Å²) in [6.07, 6.45) is 0. The van der Waals surface area contributed by atoms with E-state index < -0.39 is 7.49 Å². The number of hydrogen-bond acceptors (Lipinski definition) is 2. The second-order valence-electron chi connectivity index (χ2n) is 6.50. The van der Waals surface area contributed by atoms with Crippen LogP contribution >= 0.6 is 7.49 Å². The van der Waals surface area contributed by atoms with Crippen LogP contribution in [0.25, 0.3) is 10.8 Å². The van der Waals surface area contributed by atoms with Crippen LogP contribution in [0.5, 0.6) is 11.5 Å². The van der Waals surface area contributed by atoms with E-state index in [1.54, 1.807) is 6.07 Å². The van der Waals surface area contributed by atoms with Crippen molar-refractivity contribution in [2.75, 3.05) is 6.66 Å². The van der Waals surface area contributed by atoms with E-state index in [-0.39, 0.29) is 5.75 Å². The third-order valence-electron chi connectivity index (χ3n) is 4.81. The van der Waals surface area contributed by atoms with Crippen LogP contribution < -0.4 is 15.1 Å². The molecule has 0 aliphatic heterocycles. The molecule has 0 fully saturated rings. The van der Waals surface area contributed by atoms with Gasteiger partial charge in [0.15, 0.2) is 0 Å². The summed E-state index contributed by atoms with van der Waals surface area (Å²) >= 11 is 0. The predicted octanol–water partition coefficient (Wildman–Crippen LogP) is 4.87. The Balaban J connectivity index is 1.91. The van der Waals surface area contributed by atoms with E-state index in [4.69, 9.17) is 4.52 Å². The first-order valence-corrected chi connectivity index (χ1v) is 11.1. The fourth-order valence-electron chi connectivity index (χ4n) is 3.34. The summed E-state index contributed by atoms with van der Waals surface area (Å²) in [5, 5.41) is 14.9. The fourth-order valence-corrected chi connectivity index (χ4v) is 6.19. The Morgan fingerprint density at radius 3 is 1.81 bits per heavy atom. The molecule has 0 radical (unpaired) electrons. The number of aromatic hydroxyl groups is 1. The number of benzene rings is 4. The van der Waals surface area contributed by atoms with Crippen molar-refractivity contribution in [3.05, 3.63) is 97.1 Å². The number of phenolic OH excluding ortho intramolecular Hbond substituents is 1. The SMILES string of the molecule is C[PH](Oc1c(O)ccc2ccccc12)(c1ccccc1)c1ccccc1. The minimum absolute atomic E-state index is 0.175. The summed E-state index contributed by atoms with van der Waals surface area (Å²) in [5.41, 5.74) is 0. The number of fused-ring (bicyclic) bond motifs is 1. The van der Waals surface area contributed by atoms with Gasteiger partial charge < -0.3 is 0 Å². The molecule has 0 aliphatic rings. The Labute approximate surface area is 154 Å². The number of rotatable bonds is 4. The van der Waals surface area contributed by atoms with E-state index in [9.17, 15) is 5.11 Å². The Bertz CT molecular complexity index is 990. The average molecular weight is 360 g/mol. The van der Waals surface area contributed by atoms with Crippen molar-refractivity contribution in [3.63, 3.8) is 0 Å². The van der Waals surface area contributed by atoms with Crippen molar-refractivity contribution >= 4 is 28.9 Å². The van der Waals surface area contributed by atoms with Crippen molar-refractivity contribution in [2.24, 2.45) is 0 Å². The Hall–Kier alpha value is -2.83. The molecule has 0 amide bonds. The van der Waals surface area contributed by atoms with E-state index in [2.05, 4.69) is 30.9 Å². The molecule has 0 bridgehead atoms. The first-order valence-electron chi connectivity index (χ1n) is 8.69. The van der Waals surface area contributed by atoms with Crippen LogP contribution in [0.15, 0.2) is 97.1 Å². The van der Waals surface area contributed by atoms with Gasteiger partial charge in [0, 0.05) is 0 Å². The van der Waals surface area contributed by atoms with Crippen molar-refractivity contribution in [3.8, 4) is 11.5 Å². The van der Waals surface area contributed by atoms with Crippen molar-refractivity contribution in [1.82, 2.24) is 0 Å². The number of phenols is 1. The van der Waals surface area contributed by atoms with E-state index >= 15 is 0 Å². The van der Waals surface area contributed by atoms with Gasteiger partial charge >= 0.3 is 154 Å². The van der Waals surface area contributed by atoms with Crippen LogP contribution in [0.2, 0.25) is 0 Å². The first-order chi connectivity index (χ1) is 12.7. The van der Waals surface area contributed by atoms with Crippen LogP contribution in [-0.4, -0.2) is 11.8 Å². The van der Waals surface area contributed by atoms with E-state index in [1.165, 1.54) is 10.6 Å². The third kappa shape index (κ3) is 2.94. The summed E-state index contributed by atoms with van der Waals surface area (Å²) < 4.78 is 6.71. The minimum atomic E-state index is -2.55. The molecule has 0 aromatic heterocycles. The molecule has 1 N–H and O–H groups in total. The monoisotopic (exact) mass is 360 g/mol. The molecule has 0 atom stereocenters. The summed E-state index contributed by atoms with van der Waals surface area (Å²) in [4.78, 5) is 0. The maximum atomic E-state index is 10.6. The summed E-state index contributed by atoms with van der Waals surface area (Å²) in [7, 11) is -2.55. The van der Waals surface area contributed by atoms with Gasteiger partial charge in [-0.1, -0.05) is 0 Å². The van der Waals surface area contributed by atoms with Crippen molar-refractivity contribution in [1.29, 1.82) is 0 Å². The van der Waals surface area contributed by atoms with Gasteiger partial charge in [0.2, 0.25) is 0 Å². The Morgan fingerprint density at radius 2 is 1.19 bits per heavy atom. The molecular formula is C23H21O2P. The maximum absolute atomic E-state index is 10.6. The predicted molar refractivity (Wildman–Crippen MR) is 113 cm³/mol. The quantitative estimate of drug-likeness (QED) is 0.526. The van der Waals surface area contributed by atoms with Gasteiger partial charge in [0.25, 0.3) is 0 Å². The molecule has 4 rings (SSSR count). The van der Waals surface area contributed by atoms with Gasteiger partial charge in [0.1, 0.15) is 0 Å². The molecule has 4 aromatic rings. The molecule has 0 spiro atoms. The zero-order valence-corrected chi connectivity index (χ0v) is 15.6. The van der Waals surface area contributed by atoms with Gasteiger partial charge in [-0.3, -0.25) is 0 Å². The second-order valence-corrected chi connectivity index (χ2v) is 9.93. The van der Waals surface area contributed by atoms with Gasteiger partial charge in [-0.05, 0) is 0 Å². The third-order valence-corrected chi connectivity index (χ3v) is 8.30. The van der Waals surface area contributed by atoms with Crippen LogP contribution in [0.4, 0.5) is 0 Å². The van der Waals surface area contributed by atoms with Crippen LogP contribution in [0, 0.1) is 0 Å². The van der Waals surface area contributed by atoms with Crippen LogP contribution in [-0.2, 0) is 0 Å². The average Bonchev–Trinajstić information content (AvgIpc) is 2.71. The molecule has 4 aromatic carbocycles.